The zero-order chi connectivity index (χ0) is 23.0. The van der Waals surface area contributed by atoms with Crippen LogP contribution in [0.25, 0.3) is 0 Å². The number of hydrogen-bond acceptors (Lipinski definition) is 6. The van der Waals surface area contributed by atoms with Gasteiger partial charge in [-0.15, -0.1) is 0 Å². The monoisotopic (exact) mass is 458 g/mol. The highest BCUT2D eigenvalue weighted by Crippen LogP contribution is 2.21. The zero-order valence-electron chi connectivity index (χ0n) is 18.0. The number of carbonyl (C=O) groups excluding carboxylic acids is 1. The van der Waals surface area contributed by atoms with Crippen molar-refractivity contribution < 1.29 is 4.79 Å². The normalized spacial score (nSPS) is 10.5. The minimum atomic E-state index is -0.0488. The van der Waals surface area contributed by atoms with Crippen LogP contribution < -0.4 is 16.0 Å². The number of pyridine rings is 1. The second kappa shape index (κ2) is 10.6. The number of rotatable bonds is 8. The summed E-state index contributed by atoms with van der Waals surface area (Å²) in [6, 6.07) is 22.5. The maximum absolute atomic E-state index is 12.3. The molecule has 0 saturated heterocycles. The summed E-state index contributed by atoms with van der Waals surface area (Å²) < 4.78 is 0. The quantitative estimate of drug-likeness (QED) is 0.305. The molecule has 2 aromatic carbocycles. The van der Waals surface area contributed by atoms with Crippen LogP contribution in [0, 0.1) is 6.92 Å². The largest absolute Gasteiger partial charge is 0.340 e. The lowest BCUT2D eigenvalue weighted by Crippen LogP contribution is -2.12. The Bertz CT molecular complexity index is 1230. The second-order valence-corrected chi connectivity index (χ2v) is 7.84. The van der Waals surface area contributed by atoms with Gasteiger partial charge in [0.2, 0.25) is 5.91 Å². The molecule has 2 heterocycles. The van der Waals surface area contributed by atoms with Crippen LogP contribution in [0.1, 0.15) is 17.8 Å². The molecule has 0 aliphatic heterocycles. The molecule has 0 aliphatic carbocycles. The van der Waals surface area contributed by atoms with Crippen LogP contribution in [0.15, 0.2) is 79.0 Å². The summed E-state index contributed by atoms with van der Waals surface area (Å²) in [5, 5.41) is 10.0. The molecule has 8 heteroatoms. The van der Waals surface area contributed by atoms with Gasteiger partial charge in [0.1, 0.15) is 23.3 Å². The summed E-state index contributed by atoms with van der Waals surface area (Å²) in [6.07, 6.45) is 2.73. The van der Waals surface area contributed by atoms with Crippen molar-refractivity contribution in [1.29, 1.82) is 0 Å². The summed E-state index contributed by atoms with van der Waals surface area (Å²) in [5.41, 5.74) is 2.61. The molecule has 0 bridgehead atoms. The molecule has 0 fully saturated rings. The minimum absolute atomic E-state index is 0.0488. The summed E-state index contributed by atoms with van der Waals surface area (Å²) in [5.74, 6) is 2.58. The van der Waals surface area contributed by atoms with Crippen molar-refractivity contribution in [3.05, 3.63) is 95.4 Å². The number of aryl methyl sites for hydroxylation is 2. The fourth-order valence-electron chi connectivity index (χ4n) is 3.22. The molecule has 3 N–H and O–H groups in total. The maximum atomic E-state index is 12.3. The number of amides is 1. The number of aromatic nitrogens is 3. The highest BCUT2D eigenvalue weighted by Gasteiger charge is 2.06. The van der Waals surface area contributed by atoms with Gasteiger partial charge < -0.3 is 16.0 Å². The van der Waals surface area contributed by atoms with E-state index < -0.39 is 0 Å². The Labute approximate surface area is 197 Å². The number of halogens is 1. The van der Waals surface area contributed by atoms with E-state index in [1.54, 1.807) is 6.20 Å². The number of carbonyl (C=O) groups is 1. The van der Waals surface area contributed by atoms with E-state index in [0.29, 0.717) is 41.1 Å². The third kappa shape index (κ3) is 6.75. The number of benzene rings is 2. The van der Waals surface area contributed by atoms with Gasteiger partial charge in [-0.1, -0.05) is 29.8 Å². The van der Waals surface area contributed by atoms with Gasteiger partial charge in [0.05, 0.1) is 0 Å². The highest BCUT2D eigenvalue weighted by atomic mass is 35.5. The van der Waals surface area contributed by atoms with Crippen molar-refractivity contribution >= 4 is 46.3 Å². The van der Waals surface area contributed by atoms with E-state index in [9.17, 15) is 4.79 Å². The molecule has 166 valence electrons. The van der Waals surface area contributed by atoms with Gasteiger partial charge in [-0.2, -0.15) is 0 Å². The van der Waals surface area contributed by atoms with Crippen molar-refractivity contribution in [2.45, 2.75) is 19.8 Å². The third-order valence-corrected chi connectivity index (χ3v) is 4.96. The average molecular weight is 459 g/mol. The van der Waals surface area contributed by atoms with E-state index >= 15 is 0 Å². The lowest BCUT2D eigenvalue weighted by molar-refractivity contribution is -0.116. The Kier molecular flexibility index (Phi) is 7.12. The van der Waals surface area contributed by atoms with Gasteiger partial charge in [-0.3, -0.25) is 4.79 Å². The van der Waals surface area contributed by atoms with Gasteiger partial charge in [0.15, 0.2) is 0 Å². The van der Waals surface area contributed by atoms with Crippen molar-refractivity contribution in [2.75, 3.05) is 16.0 Å². The van der Waals surface area contributed by atoms with Crippen LogP contribution in [0.4, 0.5) is 28.8 Å². The first-order chi connectivity index (χ1) is 16.0. The Morgan fingerprint density at radius 1 is 0.848 bits per heavy atom. The molecule has 0 unspecified atom stereocenters. The summed E-state index contributed by atoms with van der Waals surface area (Å²) in [4.78, 5) is 25.4. The predicted octanol–water partition coefficient (Wildman–Crippen LogP) is 5.89. The number of nitrogens with one attached hydrogen (secondary N) is 3. The summed E-state index contributed by atoms with van der Waals surface area (Å²) in [7, 11) is 0. The van der Waals surface area contributed by atoms with E-state index in [-0.39, 0.29) is 5.91 Å². The fraction of sp³-hybridized carbons (Fsp3) is 0.120. The maximum Gasteiger partial charge on any atom is 0.224 e. The van der Waals surface area contributed by atoms with Gasteiger partial charge in [0.25, 0.3) is 0 Å². The summed E-state index contributed by atoms with van der Waals surface area (Å²) in [6.45, 7) is 1.83. The van der Waals surface area contributed by atoms with E-state index in [1.165, 1.54) is 0 Å². The first-order valence-electron chi connectivity index (χ1n) is 10.5. The van der Waals surface area contributed by atoms with E-state index in [0.717, 1.165) is 16.9 Å². The van der Waals surface area contributed by atoms with Gasteiger partial charge in [-0.25, -0.2) is 15.0 Å². The number of nitrogens with zero attached hydrogens (tertiary/aromatic N) is 3. The van der Waals surface area contributed by atoms with E-state index in [2.05, 4.69) is 30.9 Å². The van der Waals surface area contributed by atoms with Crippen molar-refractivity contribution in [1.82, 2.24) is 15.0 Å². The minimum Gasteiger partial charge on any atom is -0.340 e. The van der Waals surface area contributed by atoms with Crippen LogP contribution in [0.2, 0.25) is 5.02 Å². The van der Waals surface area contributed by atoms with Crippen LogP contribution in [-0.2, 0) is 11.2 Å². The van der Waals surface area contributed by atoms with Crippen molar-refractivity contribution in [2.24, 2.45) is 0 Å². The average Bonchev–Trinajstić information content (AvgIpc) is 2.79. The van der Waals surface area contributed by atoms with Crippen LogP contribution in [0.3, 0.4) is 0 Å². The Morgan fingerprint density at radius 3 is 2.33 bits per heavy atom. The van der Waals surface area contributed by atoms with Crippen molar-refractivity contribution in [3.63, 3.8) is 0 Å². The molecule has 4 aromatic rings. The molecule has 0 spiro atoms. The molecule has 0 aliphatic rings. The Morgan fingerprint density at radius 2 is 1.61 bits per heavy atom. The van der Waals surface area contributed by atoms with Gasteiger partial charge >= 0.3 is 0 Å². The first-order valence-corrected chi connectivity index (χ1v) is 10.9. The van der Waals surface area contributed by atoms with Gasteiger partial charge in [-0.05, 0) is 67.4 Å². The van der Waals surface area contributed by atoms with Crippen LogP contribution in [0.5, 0.6) is 0 Å². The van der Waals surface area contributed by atoms with E-state index in [4.69, 9.17) is 11.6 Å². The molecule has 0 saturated carbocycles. The molecule has 0 atom stereocenters. The fourth-order valence-corrected chi connectivity index (χ4v) is 3.44. The lowest BCUT2D eigenvalue weighted by atomic mass is 10.1. The van der Waals surface area contributed by atoms with Gasteiger partial charge in [0, 0.05) is 35.1 Å². The predicted molar refractivity (Wildman–Crippen MR) is 132 cm³/mol. The molecular formula is C25H23ClN6O. The SMILES string of the molecule is Cc1nc(Nc2ccc(NC(=O)CCc3cccc(Cl)c3)cc2)cc(Nc2ccccn2)n1. The molecular weight excluding hydrogens is 436 g/mol. The Hall–Kier alpha value is -3.97. The van der Waals surface area contributed by atoms with Crippen LogP contribution >= 0.6 is 11.6 Å². The molecule has 0 radical (unpaired) electrons. The second-order valence-electron chi connectivity index (χ2n) is 7.41. The molecule has 4 rings (SSSR count). The third-order valence-electron chi connectivity index (χ3n) is 4.73. The smallest absolute Gasteiger partial charge is 0.224 e. The topological polar surface area (TPSA) is 91.8 Å². The number of anilines is 5. The molecule has 1 amide bonds. The Balaban J connectivity index is 1.34. The highest BCUT2D eigenvalue weighted by molar-refractivity contribution is 6.30. The first kappa shape index (κ1) is 22.2. The standard InChI is InChI=1S/C25H23ClN6O/c1-17-28-23(16-24(29-17)32-22-7-2-3-14-27-22)30-20-9-11-21(12-10-20)31-25(33)13-8-18-5-4-6-19(26)15-18/h2-7,9-12,14-16H,8,13H2,1H3,(H,31,33)(H2,27,28,29,30,32). The lowest BCUT2D eigenvalue weighted by Gasteiger charge is -2.11. The molecule has 33 heavy (non-hydrogen) atoms. The number of hydrogen-bond donors (Lipinski definition) is 3. The van der Waals surface area contributed by atoms with E-state index in [1.807, 2.05) is 79.7 Å². The molecule has 2 aromatic heterocycles. The van der Waals surface area contributed by atoms with Crippen molar-refractivity contribution in [3.8, 4) is 0 Å². The van der Waals surface area contributed by atoms with Crippen LogP contribution in [-0.4, -0.2) is 20.9 Å². The molecule has 7 nitrogen and oxygen atoms in total. The summed E-state index contributed by atoms with van der Waals surface area (Å²) >= 11 is 6.00. The zero-order valence-corrected chi connectivity index (χ0v) is 18.8.